The van der Waals surface area contributed by atoms with Gasteiger partial charge in [0.25, 0.3) is 0 Å². The van der Waals surface area contributed by atoms with Crippen molar-refractivity contribution in [2.75, 3.05) is 26.8 Å². The van der Waals surface area contributed by atoms with Crippen LogP contribution in [0.1, 0.15) is 19.4 Å². The van der Waals surface area contributed by atoms with E-state index in [1.165, 1.54) is 0 Å². The third-order valence-corrected chi connectivity index (χ3v) is 4.45. The Labute approximate surface area is 135 Å². The normalized spacial score (nSPS) is 21.5. The number of nitrogens with zero attached hydrogens (tertiary/aromatic N) is 1. The highest BCUT2D eigenvalue weighted by Crippen LogP contribution is 2.25. The van der Waals surface area contributed by atoms with Gasteiger partial charge in [0.15, 0.2) is 0 Å². The fraction of sp³-hybridized carbons (Fsp3) is 0.625. The van der Waals surface area contributed by atoms with Crippen molar-refractivity contribution in [1.82, 2.24) is 4.90 Å². The van der Waals surface area contributed by atoms with Gasteiger partial charge in [-0.1, -0.05) is 15.9 Å². The van der Waals surface area contributed by atoms with E-state index in [-0.39, 0.29) is 6.10 Å². The standard InChI is InChI=1S/C16H24BrNO3/c1-11(2)18-6-7-21-16(10-18)14(19)9-12-8-13(17)4-5-15(12)20-3/h4-5,8,11,14,16,19H,6-7,9-10H2,1-3H3. The van der Waals surface area contributed by atoms with Crippen LogP contribution < -0.4 is 4.74 Å². The Morgan fingerprint density at radius 1 is 1.48 bits per heavy atom. The van der Waals surface area contributed by atoms with Crippen molar-refractivity contribution in [2.45, 2.75) is 38.5 Å². The van der Waals surface area contributed by atoms with Gasteiger partial charge in [-0.05, 0) is 37.6 Å². The van der Waals surface area contributed by atoms with Gasteiger partial charge in [-0.15, -0.1) is 0 Å². The van der Waals surface area contributed by atoms with Crippen LogP contribution in [0.15, 0.2) is 22.7 Å². The minimum absolute atomic E-state index is 0.148. The van der Waals surface area contributed by atoms with E-state index >= 15 is 0 Å². The molecule has 1 aliphatic rings. The van der Waals surface area contributed by atoms with Crippen molar-refractivity contribution < 1.29 is 14.6 Å². The Morgan fingerprint density at radius 3 is 2.90 bits per heavy atom. The largest absolute Gasteiger partial charge is 0.496 e. The Morgan fingerprint density at radius 2 is 2.24 bits per heavy atom. The quantitative estimate of drug-likeness (QED) is 0.878. The molecular weight excluding hydrogens is 334 g/mol. The summed E-state index contributed by atoms with van der Waals surface area (Å²) in [5.74, 6) is 0.800. The molecule has 0 saturated carbocycles. The highest BCUT2D eigenvalue weighted by atomic mass is 79.9. The topological polar surface area (TPSA) is 41.9 Å². The third-order valence-electron chi connectivity index (χ3n) is 3.96. The lowest BCUT2D eigenvalue weighted by atomic mass is 10.0. The van der Waals surface area contributed by atoms with Crippen molar-refractivity contribution in [1.29, 1.82) is 0 Å². The molecule has 2 atom stereocenters. The fourth-order valence-corrected chi connectivity index (χ4v) is 3.07. The molecule has 0 amide bonds. The molecule has 1 aromatic rings. The molecule has 1 aromatic carbocycles. The zero-order chi connectivity index (χ0) is 15.4. The van der Waals surface area contributed by atoms with Gasteiger partial charge in [0, 0.05) is 30.0 Å². The number of hydrogen-bond donors (Lipinski definition) is 1. The molecule has 2 rings (SSSR count). The summed E-state index contributed by atoms with van der Waals surface area (Å²) in [5, 5.41) is 10.5. The zero-order valence-electron chi connectivity index (χ0n) is 12.9. The highest BCUT2D eigenvalue weighted by Gasteiger charge is 2.28. The van der Waals surface area contributed by atoms with Crippen LogP contribution >= 0.6 is 15.9 Å². The van der Waals surface area contributed by atoms with Crippen LogP contribution in [0, 0.1) is 0 Å². The van der Waals surface area contributed by atoms with E-state index in [2.05, 4.69) is 34.7 Å². The maximum atomic E-state index is 10.5. The minimum atomic E-state index is -0.533. The average molecular weight is 358 g/mol. The van der Waals surface area contributed by atoms with E-state index in [1.807, 2.05) is 18.2 Å². The first-order valence-corrected chi connectivity index (χ1v) is 8.16. The van der Waals surface area contributed by atoms with Gasteiger partial charge >= 0.3 is 0 Å². The first kappa shape index (κ1) is 16.7. The zero-order valence-corrected chi connectivity index (χ0v) is 14.5. The van der Waals surface area contributed by atoms with Gasteiger partial charge in [0.05, 0.1) is 25.9 Å². The summed E-state index contributed by atoms with van der Waals surface area (Å²) in [4.78, 5) is 2.34. The number of ether oxygens (including phenoxy) is 2. The summed E-state index contributed by atoms with van der Waals surface area (Å²) in [6, 6.07) is 6.31. The number of benzene rings is 1. The summed E-state index contributed by atoms with van der Waals surface area (Å²) in [5.41, 5.74) is 0.990. The van der Waals surface area contributed by atoms with Crippen LogP contribution in [0.3, 0.4) is 0 Å². The van der Waals surface area contributed by atoms with E-state index in [9.17, 15) is 5.11 Å². The van der Waals surface area contributed by atoms with Crippen molar-refractivity contribution in [2.24, 2.45) is 0 Å². The molecule has 0 aromatic heterocycles. The fourth-order valence-electron chi connectivity index (χ4n) is 2.66. The predicted octanol–water partition coefficient (Wildman–Crippen LogP) is 2.47. The molecule has 4 nitrogen and oxygen atoms in total. The lowest BCUT2D eigenvalue weighted by molar-refractivity contribution is -0.0941. The molecule has 1 saturated heterocycles. The van der Waals surface area contributed by atoms with E-state index in [0.717, 1.165) is 28.9 Å². The molecule has 0 spiro atoms. The highest BCUT2D eigenvalue weighted by molar-refractivity contribution is 9.10. The van der Waals surface area contributed by atoms with Gasteiger partial charge < -0.3 is 14.6 Å². The van der Waals surface area contributed by atoms with Crippen molar-refractivity contribution in [3.05, 3.63) is 28.2 Å². The SMILES string of the molecule is COc1ccc(Br)cc1CC(O)C1CN(C(C)C)CCO1. The maximum Gasteiger partial charge on any atom is 0.122 e. The van der Waals surface area contributed by atoms with Crippen LogP contribution in [-0.4, -0.2) is 55.1 Å². The van der Waals surface area contributed by atoms with Gasteiger partial charge in [0.2, 0.25) is 0 Å². The Bertz CT molecular complexity index is 467. The van der Waals surface area contributed by atoms with Crippen molar-refractivity contribution in [3.8, 4) is 5.75 Å². The van der Waals surface area contributed by atoms with Crippen LogP contribution in [0.5, 0.6) is 5.75 Å². The van der Waals surface area contributed by atoms with Crippen LogP contribution in [-0.2, 0) is 11.2 Å². The smallest absolute Gasteiger partial charge is 0.122 e. The van der Waals surface area contributed by atoms with Crippen LogP contribution in [0.2, 0.25) is 0 Å². The molecular formula is C16H24BrNO3. The number of morpholine rings is 1. The van der Waals surface area contributed by atoms with E-state index < -0.39 is 6.10 Å². The summed E-state index contributed by atoms with van der Waals surface area (Å²) in [7, 11) is 1.65. The first-order chi connectivity index (χ1) is 10.0. The average Bonchev–Trinajstić information content (AvgIpc) is 2.47. The van der Waals surface area contributed by atoms with Gasteiger partial charge in [-0.2, -0.15) is 0 Å². The molecule has 1 N–H and O–H groups in total. The second-order valence-corrected chi connectivity index (χ2v) is 6.64. The number of aliphatic hydroxyl groups is 1. The number of hydrogen-bond acceptors (Lipinski definition) is 4. The van der Waals surface area contributed by atoms with E-state index in [1.54, 1.807) is 7.11 Å². The summed E-state index contributed by atoms with van der Waals surface area (Å²) in [6.07, 6.45) is -0.154. The predicted molar refractivity (Wildman–Crippen MR) is 86.9 cm³/mol. The molecule has 1 aliphatic heterocycles. The number of rotatable bonds is 5. The minimum Gasteiger partial charge on any atom is -0.496 e. The molecule has 118 valence electrons. The number of aliphatic hydroxyl groups excluding tert-OH is 1. The molecule has 0 bridgehead atoms. The molecule has 5 heteroatoms. The van der Waals surface area contributed by atoms with E-state index in [4.69, 9.17) is 9.47 Å². The summed E-state index contributed by atoms with van der Waals surface area (Å²) in [6.45, 7) is 6.73. The van der Waals surface area contributed by atoms with Gasteiger partial charge in [0.1, 0.15) is 5.75 Å². The molecule has 0 aliphatic carbocycles. The van der Waals surface area contributed by atoms with Gasteiger partial charge in [-0.25, -0.2) is 0 Å². The molecule has 1 fully saturated rings. The lowest BCUT2D eigenvalue weighted by Gasteiger charge is -2.37. The summed E-state index contributed by atoms with van der Waals surface area (Å²) < 4.78 is 12.1. The second-order valence-electron chi connectivity index (χ2n) is 5.73. The molecule has 21 heavy (non-hydrogen) atoms. The summed E-state index contributed by atoms with van der Waals surface area (Å²) >= 11 is 3.46. The maximum absolute atomic E-state index is 10.5. The van der Waals surface area contributed by atoms with Crippen LogP contribution in [0.25, 0.3) is 0 Å². The van der Waals surface area contributed by atoms with Gasteiger partial charge in [-0.3, -0.25) is 4.90 Å². The number of halogens is 1. The van der Waals surface area contributed by atoms with Crippen molar-refractivity contribution in [3.63, 3.8) is 0 Å². The molecule has 2 unspecified atom stereocenters. The Kier molecular flexibility index (Phi) is 6.05. The first-order valence-electron chi connectivity index (χ1n) is 7.37. The molecule has 1 heterocycles. The second kappa shape index (κ2) is 7.58. The Hall–Kier alpha value is -0.620. The monoisotopic (exact) mass is 357 g/mol. The number of methoxy groups -OCH3 is 1. The Balaban J connectivity index is 2.03. The van der Waals surface area contributed by atoms with Crippen molar-refractivity contribution >= 4 is 15.9 Å². The van der Waals surface area contributed by atoms with Crippen LogP contribution in [0.4, 0.5) is 0 Å². The van der Waals surface area contributed by atoms with E-state index in [0.29, 0.717) is 19.1 Å². The molecule has 0 radical (unpaired) electrons. The lowest BCUT2D eigenvalue weighted by Crippen LogP contribution is -2.50. The third kappa shape index (κ3) is 4.42.